The number of rotatable bonds is 4. The van der Waals surface area contributed by atoms with E-state index in [4.69, 9.17) is 11.6 Å². The van der Waals surface area contributed by atoms with Crippen LogP contribution in [0.15, 0.2) is 48.5 Å². The molecule has 0 aromatic heterocycles. The minimum atomic E-state index is 0.0516. The highest BCUT2D eigenvalue weighted by Gasteiger charge is 2.06. The highest BCUT2D eigenvalue weighted by Crippen LogP contribution is 2.21. The molecular formula is C15H16ClNO. The highest BCUT2D eigenvalue weighted by atomic mass is 35.5. The van der Waals surface area contributed by atoms with Crippen LogP contribution >= 0.6 is 11.6 Å². The van der Waals surface area contributed by atoms with Crippen LogP contribution in [0.25, 0.3) is 0 Å². The lowest BCUT2D eigenvalue weighted by molar-refractivity contribution is 0.282. The maximum absolute atomic E-state index is 9.33. The Kier molecular flexibility index (Phi) is 4.24. The SMILES string of the molecule is CN(Cc1cccc(Cl)c1)c1ccccc1CO. The first-order valence-corrected chi connectivity index (χ1v) is 6.23. The molecule has 0 heterocycles. The molecule has 2 rings (SSSR count). The van der Waals surface area contributed by atoms with Gasteiger partial charge in [-0.1, -0.05) is 41.9 Å². The van der Waals surface area contributed by atoms with Gasteiger partial charge in [0.15, 0.2) is 0 Å². The second-order valence-electron chi connectivity index (χ2n) is 4.27. The van der Waals surface area contributed by atoms with Gasteiger partial charge in [0.25, 0.3) is 0 Å². The molecule has 0 amide bonds. The van der Waals surface area contributed by atoms with Crippen molar-refractivity contribution in [3.05, 3.63) is 64.7 Å². The van der Waals surface area contributed by atoms with Crippen LogP contribution in [-0.2, 0) is 13.2 Å². The molecule has 2 aromatic carbocycles. The van der Waals surface area contributed by atoms with Crippen LogP contribution in [0.4, 0.5) is 5.69 Å². The Hall–Kier alpha value is -1.51. The van der Waals surface area contributed by atoms with E-state index in [2.05, 4.69) is 4.90 Å². The largest absolute Gasteiger partial charge is 0.392 e. The van der Waals surface area contributed by atoms with Crippen molar-refractivity contribution >= 4 is 17.3 Å². The molecule has 0 atom stereocenters. The second kappa shape index (κ2) is 5.89. The Morgan fingerprint density at radius 1 is 1.11 bits per heavy atom. The van der Waals surface area contributed by atoms with Crippen LogP contribution in [0, 0.1) is 0 Å². The number of aliphatic hydroxyl groups excluding tert-OH is 1. The summed E-state index contributed by atoms with van der Waals surface area (Å²) in [6.07, 6.45) is 0. The number of nitrogens with zero attached hydrogens (tertiary/aromatic N) is 1. The van der Waals surface area contributed by atoms with E-state index >= 15 is 0 Å². The molecule has 0 aliphatic carbocycles. The molecule has 0 saturated heterocycles. The smallest absolute Gasteiger partial charge is 0.0702 e. The summed E-state index contributed by atoms with van der Waals surface area (Å²) in [5.74, 6) is 0. The molecule has 0 bridgehead atoms. The second-order valence-corrected chi connectivity index (χ2v) is 4.71. The van der Waals surface area contributed by atoms with E-state index in [0.717, 1.165) is 28.4 Å². The first kappa shape index (κ1) is 12.9. The lowest BCUT2D eigenvalue weighted by atomic mass is 10.1. The van der Waals surface area contributed by atoms with Crippen molar-refractivity contribution in [2.75, 3.05) is 11.9 Å². The van der Waals surface area contributed by atoms with Gasteiger partial charge in [-0.25, -0.2) is 0 Å². The molecule has 0 unspecified atom stereocenters. The van der Waals surface area contributed by atoms with E-state index in [9.17, 15) is 5.11 Å². The van der Waals surface area contributed by atoms with Crippen molar-refractivity contribution in [3.63, 3.8) is 0 Å². The van der Waals surface area contributed by atoms with Crippen LogP contribution in [-0.4, -0.2) is 12.2 Å². The molecule has 18 heavy (non-hydrogen) atoms. The molecule has 1 N–H and O–H groups in total. The molecule has 0 saturated carbocycles. The Labute approximate surface area is 112 Å². The van der Waals surface area contributed by atoms with Crippen molar-refractivity contribution in [1.29, 1.82) is 0 Å². The third-order valence-corrected chi connectivity index (χ3v) is 3.12. The number of hydrogen-bond donors (Lipinski definition) is 1. The van der Waals surface area contributed by atoms with Crippen molar-refractivity contribution in [3.8, 4) is 0 Å². The average molecular weight is 262 g/mol. The third-order valence-electron chi connectivity index (χ3n) is 2.88. The topological polar surface area (TPSA) is 23.5 Å². The maximum atomic E-state index is 9.33. The quantitative estimate of drug-likeness (QED) is 0.911. The van der Waals surface area contributed by atoms with Crippen molar-refractivity contribution in [2.45, 2.75) is 13.2 Å². The van der Waals surface area contributed by atoms with Gasteiger partial charge in [-0.15, -0.1) is 0 Å². The molecule has 0 aliphatic rings. The number of hydrogen-bond acceptors (Lipinski definition) is 2. The Bertz CT molecular complexity index is 527. The van der Waals surface area contributed by atoms with Gasteiger partial charge in [-0.3, -0.25) is 0 Å². The Morgan fingerprint density at radius 2 is 1.89 bits per heavy atom. The van der Waals surface area contributed by atoms with Gasteiger partial charge in [0.1, 0.15) is 0 Å². The van der Waals surface area contributed by atoms with Crippen LogP contribution in [0.5, 0.6) is 0 Å². The Morgan fingerprint density at radius 3 is 2.61 bits per heavy atom. The van der Waals surface area contributed by atoms with E-state index in [1.54, 1.807) is 0 Å². The first-order valence-electron chi connectivity index (χ1n) is 5.85. The Balaban J connectivity index is 2.19. The maximum Gasteiger partial charge on any atom is 0.0702 e. The van der Waals surface area contributed by atoms with Gasteiger partial charge < -0.3 is 10.0 Å². The molecule has 0 spiro atoms. The summed E-state index contributed by atoms with van der Waals surface area (Å²) in [7, 11) is 2.01. The zero-order chi connectivity index (χ0) is 13.0. The zero-order valence-corrected chi connectivity index (χ0v) is 11.1. The number of aliphatic hydroxyl groups is 1. The van der Waals surface area contributed by atoms with Gasteiger partial charge in [-0.2, -0.15) is 0 Å². The van der Waals surface area contributed by atoms with Gasteiger partial charge in [0.05, 0.1) is 6.61 Å². The standard InChI is InChI=1S/C15H16ClNO/c1-17(10-12-5-4-7-14(16)9-12)15-8-3-2-6-13(15)11-18/h2-9,18H,10-11H2,1H3. The predicted molar refractivity (Wildman–Crippen MR) is 75.9 cm³/mol. The molecule has 3 heteroatoms. The summed E-state index contributed by atoms with van der Waals surface area (Å²) < 4.78 is 0. The van der Waals surface area contributed by atoms with Gasteiger partial charge >= 0.3 is 0 Å². The van der Waals surface area contributed by atoms with E-state index in [0.29, 0.717) is 0 Å². The highest BCUT2D eigenvalue weighted by molar-refractivity contribution is 6.30. The lowest BCUT2D eigenvalue weighted by Gasteiger charge is -2.22. The molecule has 94 valence electrons. The van der Waals surface area contributed by atoms with Gasteiger partial charge in [0, 0.05) is 29.9 Å². The zero-order valence-electron chi connectivity index (χ0n) is 10.3. The average Bonchev–Trinajstić information content (AvgIpc) is 2.38. The van der Waals surface area contributed by atoms with Crippen molar-refractivity contribution in [1.82, 2.24) is 0 Å². The lowest BCUT2D eigenvalue weighted by Crippen LogP contribution is -2.17. The molecule has 0 radical (unpaired) electrons. The monoisotopic (exact) mass is 261 g/mol. The summed E-state index contributed by atoms with van der Waals surface area (Å²) >= 11 is 5.97. The summed E-state index contributed by atoms with van der Waals surface area (Å²) in [6.45, 7) is 0.813. The first-order chi connectivity index (χ1) is 8.70. The van der Waals surface area contributed by atoms with E-state index in [-0.39, 0.29) is 6.61 Å². The normalized spacial score (nSPS) is 10.4. The summed E-state index contributed by atoms with van der Waals surface area (Å²) in [4.78, 5) is 2.11. The summed E-state index contributed by atoms with van der Waals surface area (Å²) in [6, 6.07) is 15.7. The molecule has 2 nitrogen and oxygen atoms in total. The predicted octanol–water partition coefficient (Wildman–Crippen LogP) is 3.47. The van der Waals surface area contributed by atoms with E-state index < -0.39 is 0 Å². The number of halogens is 1. The number of para-hydroxylation sites is 1. The summed E-state index contributed by atoms with van der Waals surface area (Å²) in [5, 5.41) is 10.1. The summed E-state index contributed by atoms with van der Waals surface area (Å²) in [5.41, 5.74) is 3.12. The van der Waals surface area contributed by atoms with E-state index in [1.165, 1.54) is 0 Å². The molecule has 0 aliphatic heterocycles. The van der Waals surface area contributed by atoms with Crippen molar-refractivity contribution in [2.24, 2.45) is 0 Å². The fourth-order valence-electron chi connectivity index (χ4n) is 2.01. The molecule has 0 fully saturated rings. The van der Waals surface area contributed by atoms with Crippen LogP contribution in [0.3, 0.4) is 0 Å². The van der Waals surface area contributed by atoms with E-state index in [1.807, 2.05) is 55.6 Å². The molecule has 2 aromatic rings. The van der Waals surface area contributed by atoms with Crippen LogP contribution < -0.4 is 4.90 Å². The minimum absolute atomic E-state index is 0.0516. The fraction of sp³-hybridized carbons (Fsp3) is 0.200. The number of anilines is 1. The van der Waals surface area contributed by atoms with Gasteiger partial charge in [0.2, 0.25) is 0 Å². The van der Waals surface area contributed by atoms with Crippen molar-refractivity contribution < 1.29 is 5.11 Å². The minimum Gasteiger partial charge on any atom is -0.392 e. The van der Waals surface area contributed by atoms with Crippen LogP contribution in [0.1, 0.15) is 11.1 Å². The van der Waals surface area contributed by atoms with Gasteiger partial charge in [-0.05, 0) is 23.8 Å². The number of benzene rings is 2. The molecular weight excluding hydrogens is 246 g/mol. The van der Waals surface area contributed by atoms with Crippen LogP contribution in [0.2, 0.25) is 5.02 Å². The fourth-order valence-corrected chi connectivity index (χ4v) is 2.22. The third kappa shape index (κ3) is 3.03.